The SMILES string of the molecule is CCOC(=O)c1cc(-c2cc(S(=O)(=O)NC(=O)OC)c3ccccn23)n(CC2CCCCC2)c1C. The Labute approximate surface area is 205 Å². The van der Waals surface area contributed by atoms with Crippen molar-refractivity contribution in [1.82, 2.24) is 13.7 Å². The van der Waals surface area contributed by atoms with Crippen LogP contribution < -0.4 is 4.72 Å². The maximum Gasteiger partial charge on any atom is 0.420 e. The van der Waals surface area contributed by atoms with Gasteiger partial charge in [0.2, 0.25) is 0 Å². The summed E-state index contributed by atoms with van der Waals surface area (Å²) < 4.78 is 41.6. The third-order valence-corrected chi connectivity index (χ3v) is 7.96. The zero-order valence-electron chi connectivity index (χ0n) is 20.2. The number of pyridine rings is 1. The Morgan fingerprint density at radius 2 is 1.86 bits per heavy atom. The van der Waals surface area contributed by atoms with Crippen LogP contribution in [-0.2, 0) is 26.0 Å². The average molecular weight is 502 g/mol. The number of rotatable bonds is 7. The van der Waals surface area contributed by atoms with Crippen LogP contribution in [-0.4, -0.2) is 43.2 Å². The molecule has 0 radical (unpaired) electrons. The number of esters is 1. The number of amides is 1. The summed E-state index contributed by atoms with van der Waals surface area (Å²) in [6.45, 7) is 4.64. The van der Waals surface area contributed by atoms with E-state index < -0.39 is 22.1 Å². The molecule has 0 atom stereocenters. The molecule has 1 saturated carbocycles. The number of methoxy groups -OCH3 is 1. The van der Waals surface area contributed by atoms with Gasteiger partial charge in [-0.1, -0.05) is 25.3 Å². The number of fused-ring (bicyclic) bond motifs is 1. The topological polar surface area (TPSA) is 108 Å². The van der Waals surface area contributed by atoms with Gasteiger partial charge in [-0.05, 0) is 56.9 Å². The van der Waals surface area contributed by atoms with Crippen molar-refractivity contribution in [2.75, 3.05) is 13.7 Å². The van der Waals surface area contributed by atoms with Gasteiger partial charge in [0.15, 0.2) is 0 Å². The van der Waals surface area contributed by atoms with Crippen molar-refractivity contribution in [3.8, 4) is 11.4 Å². The van der Waals surface area contributed by atoms with Crippen LogP contribution in [0.1, 0.15) is 55.1 Å². The fraction of sp³-hybridized carbons (Fsp3) is 0.440. The van der Waals surface area contributed by atoms with Gasteiger partial charge in [-0.2, -0.15) is 0 Å². The van der Waals surface area contributed by atoms with Gasteiger partial charge in [0.25, 0.3) is 10.0 Å². The highest BCUT2D eigenvalue weighted by Gasteiger charge is 2.28. The maximum absolute atomic E-state index is 13.0. The normalized spacial score (nSPS) is 14.7. The molecule has 0 saturated heterocycles. The van der Waals surface area contributed by atoms with E-state index in [1.165, 1.54) is 25.3 Å². The van der Waals surface area contributed by atoms with Crippen molar-refractivity contribution < 1.29 is 27.5 Å². The minimum atomic E-state index is -4.20. The fourth-order valence-electron chi connectivity index (χ4n) is 4.88. The lowest BCUT2D eigenvalue weighted by Gasteiger charge is -2.24. The number of hydrogen-bond donors (Lipinski definition) is 1. The third kappa shape index (κ3) is 4.93. The van der Waals surface area contributed by atoms with Gasteiger partial charge in [0.05, 0.1) is 36.2 Å². The van der Waals surface area contributed by atoms with E-state index in [1.807, 2.05) is 11.6 Å². The lowest BCUT2D eigenvalue weighted by atomic mass is 9.89. The van der Waals surface area contributed by atoms with Gasteiger partial charge in [0, 0.05) is 18.4 Å². The summed E-state index contributed by atoms with van der Waals surface area (Å²) in [4.78, 5) is 24.4. The van der Waals surface area contributed by atoms with Gasteiger partial charge in [0.1, 0.15) is 4.90 Å². The van der Waals surface area contributed by atoms with Crippen LogP contribution in [0.3, 0.4) is 0 Å². The Hall–Kier alpha value is -3.27. The van der Waals surface area contributed by atoms with Crippen LogP contribution in [0, 0.1) is 12.8 Å². The number of hydrogen-bond acceptors (Lipinski definition) is 6. The fourth-order valence-corrected chi connectivity index (χ4v) is 6.00. The quantitative estimate of drug-likeness (QED) is 0.477. The Morgan fingerprint density at radius 1 is 1.11 bits per heavy atom. The molecule has 0 aliphatic heterocycles. The molecule has 35 heavy (non-hydrogen) atoms. The average Bonchev–Trinajstić information content (AvgIpc) is 3.38. The van der Waals surface area contributed by atoms with Gasteiger partial charge in [-0.15, -0.1) is 0 Å². The molecule has 1 fully saturated rings. The van der Waals surface area contributed by atoms with E-state index in [-0.39, 0.29) is 11.5 Å². The van der Waals surface area contributed by atoms with Crippen LogP contribution in [0.4, 0.5) is 4.79 Å². The van der Waals surface area contributed by atoms with Crippen LogP contribution in [0.25, 0.3) is 16.9 Å². The molecule has 1 aliphatic carbocycles. The molecule has 0 unspecified atom stereocenters. The first-order valence-electron chi connectivity index (χ1n) is 11.8. The number of carbonyl (C=O) groups excluding carboxylic acids is 2. The summed E-state index contributed by atoms with van der Waals surface area (Å²) in [6, 6.07) is 8.50. The van der Waals surface area contributed by atoms with Gasteiger partial charge in [-0.25, -0.2) is 22.7 Å². The van der Waals surface area contributed by atoms with Crippen LogP contribution >= 0.6 is 0 Å². The number of sulfonamides is 1. The summed E-state index contributed by atoms with van der Waals surface area (Å²) in [5.41, 5.74) is 2.96. The molecule has 0 aromatic carbocycles. The summed E-state index contributed by atoms with van der Waals surface area (Å²) >= 11 is 0. The molecular formula is C25H31N3O6S. The number of carbonyl (C=O) groups is 2. The second-order valence-electron chi connectivity index (χ2n) is 8.81. The molecule has 0 bridgehead atoms. The Balaban J connectivity index is 1.89. The first-order valence-corrected chi connectivity index (χ1v) is 13.3. The highest BCUT2D eigenvalue weighted by molar-refractivity contribution is 7.90. The molecule has 10 heteroatoms. The zero-order chi connectivity index (χ0) is 25.2. The molecule has 3 aromatic rings. The van der Waals surface area contributed by atoms with E-state index in [4.69, 9.17) is 4.74 Å². The van der Waals surface area contributed by atoms with Crippen molar-refractivity contribution in [3.63, 3.8) is 0 Å². The van der Waals surface area contributed by atoms with Crippen molar-refractivity contribution in [3.05, 3.63) is 47.8 Å². The second kappa shape index (κ2) is 10.2. The minimum absolute atomic E-state index is 0.0562. The molecule has 3 aromatic heterocycles. The Bertz CT molecular complexity index is 1350. The molecule has 188 valence electrons. The number of nitrogens with one attached hydrogen (secondary N) is 1. The summed E-state index contributed by atoms with van der Waals surface area (Å²) in [7, 11) is -3.10. The molecule has 3 heterocycles. The first-order chi connectivity index (χ1) is 16.8. The van der Waals surface area contributed by atoms with Crippen LogP contribution in [0.2, 0.25) is 0 Å². The molecule has 1 amide bonds. The summed E-state index contributed by atoms with van der Waals surface area (Å²) in [5, 5.41) is 0. The molecule has 0 spiro atoms. The summed E-state index contributed by atoms with van der Waals surface area (Å²) in [5.74, 6) is 0.0637. The highest BCUT2D eigenvalue weighted by Crippen LogP contribution is 2.34. The largest absolute Gasteiger partial charge is 0.462 e. The molecule has 1 N–H and O–H groups in total. The van der Waals surface area contributed by atoms with E-state index >= 15 is 0 Å². The van der Waals surface area contributed by atoms with Gasteiger partial charge < -0.3 is 18.4 Å². The van der Waals surface area contributed by atoms with Crippen LogP contribution in [0.5, 0.6) is 0 Å². The van der Waals surface area contributed by atoms with E-state index in [1.54, 1.807) is 41.8 Å². The minimum Gasteiger partial charge on any atom is -0.462 e. The number of ether oxygens (including phenoxy) is 2. The number of aromatic nitrogens is 2. The second-order valence-corrected chi connectivity index (χ2v) is 10.5. The van der Waals surface area contributed by atoms with Crippen molar-refractivity contribution >= 4 is 27.6 Å². The monoisotopic (exact) mass is 501 g/mol. The standard InChI is InChI=1S/C25H31N3O6S/c1-4-34-24(29)19-14-21(28(17(19)2)16-18-10-6-5-7-11-18)22-15-23(20-12-8-9-13-27(20)22)35(31,32)26-25(30)33-3/h8-9,12-15,18H,4-7,10-11,16H2,1-3H3,(H,26,30). The van der Waals surface area contributed by atoms with E-state index in [9.17, 15) is 18.0 Å². The smallest absolute Gasteiger partial charge is 0.420 e. The van der Waals surface area contributed by atoms with E-state index in [0.717, 1.165) is 37.9 Å². The predicted octanol–water partition coefficient (Wildman–Crippen LogP) is 4.52. The maximum atomic E-state index is 13.0. The van der Waals surface area contributed by atoms with E-state index in [2.05, 4.69) is 9.30 Å². The summed E-state index contributed by atoms with van der Waals surface area (Å²) in [6.07, 6.45) is 6.52. The molecular weight excluding hydrogens is 470 g/mol. The molecule has 9 nitrogen and oxygen atoms in total. The Kier molecular flexibility index (Phi) is 7.20. The third-order valence-electron chi connectivity index (χ3n) is 6.62. The highest BCUT2D eigenvalue weighted by atomic mass is 32.2. The van der Waals surface area contributed by atoms with E-state index in [0.29, 0.717) is 22.7 Å². The lowest BCUT2D eigenvalue weighted by molar-refractivity contribution is 0.0525. The van der Waals surface area contributed by atoms with Crippen molar-refractivity contribution in [2.45, 2.75) is 57.4 Å². The zero-order valence-corrected chi connectivity index (χ0v) is 21.1. The molecule has 4 rings (SSSR count). The van der Waals surface area contributed by atoms with Crippen molar-refractivity contribution in [1.29, 1.82) is 0 Å². The van der Waals surface area contributed by atoms with Crippen molar-refractivity contribution in [2.24, 2.45) is 5.92 Å². The van der Waals surface area contributed by atoms with Gasteiger partial charge >= 0.3 is 12.1 Å². The predicted molar refractivity (Wildman–Crippen MR) is 131 cm³/mol. The Morgan fingerprint density at radius 3 is 2.54 bits per heavy atom. The molecule has 1 aliphatic rings. The number of nitrogens with zero attached hydrogens (tertiary/aromatic N) is 2. The first kappa shape index (κ1) is 24.8. The van der Waals surface area contributed by atoms with Crippen LogP contribution in [0.15, 0.2) is 41.4 Å². The van der Waals surface area contributed by atoms with Gasteiger partial charge in [-0.3, -0.25) is 0 Å². The lowest BCUT2D eigenvalue weighted by Crippen LogP contribution is -2.30.